The third-order valence-corrected chi connectivity index (χ3v) is 4.39. The molecule has 0 radical (unpaired) electrons. The fourth-order valence-electron chi connectivity index (χ4n) is 2.94. The van der Waals surface area contributed by atoms with Gasteiger partial charge in [-0.1, -0.05) is 42.3 Å². The van der Waals surface area contributed by atoms with Gasteiger partial charge in [0, 0.05) is 25.3 Å². The highest BCUT2D eigenvalue weighted by Gasteiger charge is 2.11. The van der Waals surface area contributed by atoms with Crippen LogP contribution in [0.1, 0.15) is 11.4 Å². The molecule has 0 bridgehead atoms. The van der Waals surface area contributed by atoms with Crippen LogP contribution in [-0.4, -0.2) is 47.4 Å². The second-order valence-corrected chi connectivity index (χ2v) is 6.64. The second-order valence-electron chi connectivity index (χ2n) is 6.64. The van der Waals surface area contributed by atoms with Gasteiger partial charge in [-0.15, -0.1) is 30.4 Å². The first kappa shape index (κ1) is 24.0. The number of carbonyl (C=O) groups excluding carboxylic acids is 1. The number of guanidine groups is 1. The van der Waals surface area contributed by atoms with Crippen molar-refractivity contribution in [3.63, 3.8) is 0 Å². The number of hydrogen-bond donors (Lipinski definition) is 3. The van der Waals surface area contributed by atoms with Gasteiger partial charge in [-0.2, -0.15) is 0 Å². The van der Waals surface area contributed by atoms with Crippen LogP contribution in [0.25, 0.3) is 11.3 Å². The Morgan fingerprint density at radius 1 is 1.23 bits per heavy atom. The zero-order valence-corrected chi connectivity index (χ0v) is 19.8. The van der Waals surface area contributed by atoms with E-state index in [1.807, 2.05) is 54.5 Å². The van der Waals surface area contributed by atoms with Crippen molar-refractivity contribution in [2.24, 2.45) is 4.99 Å². The van der Waals surface area contributed by atoms with E-state index in [1.54, 1.807) is 25.2 Å². The van der Waals surface area contributed by atoms with Gasteiger partial charge in [0.1, 0.15) is 5.82 Å². The largest absolute Gasteiger partial charge is 0.347 e. The summed E-state index contributed by atoms with van der Waals surface area (Å²) >= 11 is 0. The van der Waals surface area contributed by atoms with E-state index in [0.717, 1.165) is 17.1 Å². The molecule has 0 fully saturated rings. The number of aromatic nitrogens is 2. The Morgan fingerprint density at radius 2 is 2.00 bits per heavy atom. The maximum absolute atomic E-state index is 12.3. The van der Waals surface area contributed by atoms with Crippen molar-refractivity contribution < 1.29 is 4.79 Å². The molecule has 0 aliphatic rings. The molecular weight excluding hydrogens is 503 g/mol. The highest BCUT2D eigenvalue weighted by molar-refractivity contribution is 14.0. The van der Waals surface area contributed by atoms with Gasteiger partial charge in [-0.05, 0) is 23.8 Å². The minimum Gasteiger partial charge on any atom is -0.347 e. The van der Waals surface area contributed by atoms with Gasteiger partial charge in [0.2, 0.25) is 5.91 Å². The summed E-state index contributed by atoms with van der Waals surface area (Å²) in [5.41, 5.74) is 3.40. The van der Waals surface area contributed by atoms with Gasteiger partial charge in [0.15, 0.2) is 5.96 Å². The molecule has 160 valence electrons. The van der Waals surface area contributed by atoms with E-state index >= 15 is 0 Å². The normalized spacial score (nSPS) is 10.5. The summed E-state index contributed by atoms with van der Waals surface area (Å²) in [5, 5.41) is 5.88. The van der Waals surface area contributed by atoms with Gasteiger partial charge in [-0.25, -0.2) is 4.98 Å². The quantitative estimate of drug-likeness (QED) is 0.198. The fourth-order valence-corrected chi connectivity index (χ4v) is 2.94. The van der Waals surface area contributed by atoms with Crippen LogP contribution in [0.5, 0.6) is 0 Å². The highest BCUT2D eigenvalue weighted by atomic mass is 127. The van der Waals surface area contributed by atoms with Crippen molar-refractivity contribution in [2.75, 3.05) is 26.0 Å². The average molecular weight is 528 g/mol. The molecule has 0 spiro atoms. The second kappa shape index (κ2) is 11.8. The standard InChI is InChI=1S/C23H24N6O.HI/c1-4-17-9-8-12-19(13-17)27-22(30)15-26-23(24-2)29(3)16-21-25-14-20(28-21)18-10-6-5-7-11-18;/h1,5-14H,15-16H2,2-3H3,(H,24,26)(H,25,28)(H,27,30);1H. The highest BCUT2D eigenvalue weighted by Crippen LogP contribution is 2.16. The summed E-state index contributed by atoms with van der Waals surface area (Å²) in [6, 6.07) is 17.2. The summed E-state index contributed by atoms with van der Waals surface area (Å²) in [6.45, 7) is 0.586. The van der Waals surface area contributed by atoms with Gasteiger partial charge in [0.05, 0.1) is 25.0 Å². The van der Waals surface area contributed by atoms with Crippen LogP contribution in [0, 0.1) is 12.3 Å². The lowest BCUT2D eigenvalue weighted by Crippen LogP contribution is -2.42. The van der Waals surface area contributed by atoms with E-state index in [0.29, 0.717) is 23.8 Å². The Hall–Kier alpha value is -3.32. The first-order chi connectivity index (χ1) is 14.6. The molecule has 0 saturated heterocycles. The van der Waals surface area contributed by atoms with E-state index in [1.165, 1.54) is 0 Å². The number of nitrogens with zero attached hydrogens (tertiary/aromatic N) is 3. The molecule has 0 aliphatic heterocycles. The van der Waals surface area contributed by atoms with E-state index in [9.17, 15) is 4.79 Å². The zero-order chi connectivity index (χ0) is 21.3. The third-order valence-electron chi connectivity index (χ3n) is 4.39. The van der Waals surface area contributed by atoms with Crippen molar-refractivity contribution >= 4 is 41.5 Å². The number of H-pyrrole nitrogens is 1. The van der Waals surface area contributed by atoms with Crippen molar-refractivity contribution in [1.29, 1.82) is 0 Å². The predicted molar refractivity (Wildman–Crippen MR) is 135 cm³/mol. The molecule has 1 heterocycles. The van der Waals surface area contributed by atoms with Crippen LogP contribution in [0.4, 0.5) is 5.69 Å². The number of hydrogen-bond acceptors (Lipinski definition) is 3. The van der Waals surface area contributed by atoms with Gasteiger partial charge < -0.3 is 20.5 Å². The number of nitrogens with one attached hydrogen (secondary N) is 3. The molecule has 3 N–H and O–H groups in total. The van der Waals surface area contributed by atoms with Gasteiger partial charge in [0.25, 0.3) is 0 Å². The molecule has 1 amide bonds. The summed E-state index contributed by atoms with van der Waals surface area (Å²) in [4.78, 5) is 26.1. The number of aliphatic imine (C=N–C) groups is 1. The smallest absolute Gasteiger partial charge is 0.243 e. The van der Waals surface area contributed by atoms with Crippen molar-refractivity contribution in [3.05, 3.63) is 72.2 Å². The molecule has 8 heteroatoms. The Bertz CT molecular complexity index is 1070. The monoisotopic (exact) mass is 528 g/mol. The molecule has 2 aromatic carbocycles. The zero-order valence-electron chi connectivity index (χ0n) is 17.4. The Morgan fingerprint density at radius 3 is 2.71 bits per heavy atom. The molecule has 3 aromatic rings. The molecular formula is C23H25IN6O. The summed E-state index contributed by atoms with van der Waals surface area (Å²) in [6.07, 6.45) is 7.21. The first-order valence-corrected chi connectivity index (χ1v) is 9.46. The summed E-state index contributed by atoms with van der Waals surface area (Å²) in [7, 11) is 3.55. The Balaban J connectivity index is 0.00000341. The molecule has 0 saturated carbocycles. The lowest BCUT2D eigenvalue weighted by atomic mass is 10.2. The lowest BCUT2D eigenvalue weighted by molar-refractivity contribution is -0.115. The van der Waals surface area contributed by atoms with E-state index in [4.69, 9.17) is 6.42 Å². The number of benzene rings is 2. The van der Waals surface area contributed by atoms with Crippen LogP contribution in [0.3, 0.4) is 0 Å². The van der Waals surface area contributed by atoms with Crippen LogP contribution in [0.15, 0.2) is 65.8 Å². The number of halogens is 1. The lowest BCUT2D eigenvalue weighted by Gasteiger charge is -2.20. The van der Waals surface area contributed by atoms with Gasteiger partial charge >= 0.3 is 0 Å². The van der Waals surface area contributed by atoms with Crippen molar-refractivity contribution in [1.82, 2.24) is 20.2 Å². The summed E-state index contributed by atoms with van der Waals surface area (Å²) in [5.74, 6) is 3.74. The number of rotatable bonds is 6. The molecule has 0 atom stereocenters. The Labute approximate surface area is 199 Å². The van der Waals surface area contributed by atoms with Crippen molar-refractivity contribution in [3.8, 4) is 23.6 Å². The maximum Gasteiger partial charge on any atom is 0.243 e. The van der Waals surface area contributed by atoms with E-state index in [-0.39, 0.29) is 36.4 Å². The van der Waals surface area contributed by atoms with Crippen LogP contribution in [0.2, 0.25) is 0 Å². The molecule has 3 rings (SSSR count). The van der Waals surface area contributed by atoms with E-state index < -0.39 is 0 Å². The molecule has 7 nitrogen and oxygen atoms in total. The number of aromatic amines is 1. The maximum atomic E-state index is 12.3. The minimum atomic E-state index is -0.192. The van der Waals surface area contributed by atoms with Crippen molar-refractivity contribution in [2.45, 2.75) is 6.54 Å². The fraction of sp³-hybridized carbons (Fsp3) is 0.174. The SMILES string of the molecule is C#Cc1cccc(NC(=O)CNC(=NC)N(C)Cc2ncc(-c3ccccc3)[nH]2)c1.I. The number of amides is 1. The van der Waals surface area contributed by atoms with Gasteiger partial charge in [-0.3, -0.25) is 9.79 Å². The number of carbonyl (C=O) groups is 1. The van der Waals surface area contributed by atoms with Crippen LogP contribution in [-0.2, 0) is 11.3 Å². The molecule has 1 aromatic heterocycles. The third kappa shape index (κ3) is 6.86. The van der Waals surface area contributed by atoms with E-state index in [2.05, 4.69) is 31.5 Å². The molecule has 0 aliphatic carbocycles. The van der Waals surface area contributed by atoms with Crippen LogP contribution < -0.4 is 10.6 Å². The Kier molecular flexibility index (Phi) is 9.09. The summed E-state index contributed by atoms with van der Waals surface area (Å²) < 4.78 is 0. The average Bonchev–Trinajstić information content (AvgIpc) is 3.23. The molecule has 31 heavy (non-hydrogen) atoms. The molecule has 0 unspecified atom stereocenters. The van der Waals surface area contributed by atoms with Crippen LogP contribution >= 0.6 is 24.0 Å². The first-order valence-electron chi connectivity index (χ1n) is 9.46. The number of anilines is 1. The minimum absolute atomic E-state index is 0. The number of imidazole rings is 1. The number of terminal acetylenes is 1. The predicted octanol–water partition coefficient (Wildman–Crippen LogP) is 3.32. The topological polar surface area (TPSA) is 85.4 Å².